The Balaban J connectivity index is 1.65. The Labute approximate surface area is 154 Å². The second kappa shape index (κ2) is 9.14. The van der Waals surface area contributed by atoms with E-state index < -0.39 is 0 Å². The Bertz CT molecular complexity index is 747. The zero-order valence-electron chi connectivity index (χ0n) is 14.7. The molecule has 2 aromatic carbocycles. The summed E-state index contributed by atoms with van der Waals surface area (Å²) < 4.78 is 5.36. The van der Waals surface area contributed by atoms with E-state index in [0.717, 1.165) is 11.1 Å². The van der Waals surface area contributed by atoms with Crippen molar-refractivity contribution in [3.8, 4) is 6.07 Å². The molecule has 0 aromatic heterocycles. The lowest BCUT2D eigenvalue weighted by atomic mass is 9.97. The van der Waals surface area contributed by atoms with E-state index >= 15 is 0 Å². The third-order valence-electron chi connectivity index (χ3n) is 4.58. The van der Waals surface area contributed by atoms with Gasteiger partial charge in [-0.1, -0.05) is 42.5 Å². The van der Waals surface area contributed by atoms with Crippen LogP contribution in [0, 0.1) is 11.3 Å². The summed E-state index contributed by atoms with van der Waals surface area (Å²) >= 11 is 0. The first-order valence-electron chi connectivity index (χ1n) is 8.89. The molecule has 134 valence electrons. The van der Waals surface area contributed by atoms with Crippen LogP contribution in [0.15, 0.2) is 54.6 Å². The zero-order valence-corrected chi connectivity index (χ0v) is 14.7. The number of hydrogen-bond acceptors (Lipinski definition) is 4. The lowest BCUT2D eigenvalue weighted by Gasteiger charge is -2.30. The number of carbonyl (C=O) groups is 1. The van der Waals surface area contributed by atoms with Crippen molar-refractivity contribution in [1.29, 1.82) is 5.26 Å². The zero-order chi connectivity index (χ0) is 18.2. The number of nitrogens with zero attached hydrogens (tertiary/aromatic N) is 2. The molecule has 1 aliphatic rings. The molecule has 1 aliphatic heterocycles. The molecule has 1 amide bonds. The molecular weight excluding hydrogens is 326 g/mol. The van der Waals surface area contributed by atoms with Gasteiger partial charge >= 0.3 is 0 Å². The van der Waals surface area contributed by atoms with Crippen LogP contribution in [0.25, 0.3) is 0 Å². The number of morpholine rings is 1. The van der Waals surface area contributed by atoms with E-state index in [-0.39, 0.29) is 11.8 Å². The number of nitriles is 1. The monoisotopic (exact) mass is 349 g/mol. The number of amides is 1. The maximum atomic E-state index is 13.0. The molecule has 1 fully saturated rings. The molecule has 0 radical (unpaired) electrons. The third kappa shape index (κ3) is 4.69. The van der Waals surface area contributed by atoms with Crippen molar-refractivity contribution in [3.63, 3.8) is 0 Å². The van der Waals surface area contributed by atoms with Crippen LogP contribution in [0.3, 0.4) is 0 Å². The first kappa shape index (κ1) is 18.1. The highest BCUT2D eigenvalue weighted by Gasteiger charge is 2.26. The van der Waals surface area contributed by atoms with E-state index in [0.29, 0.717) is 45.0 Å². The molecule has 0 saturated carbocycles. The highest BCUT2D eigenvalue weighted by Crippen LogP contribution is 2.19. The molecule has 0 bridgehead atoms. The van der Waals surface area contributed by atoms with Gasteiger partial charge in [0.15, 0.2) is 0 Å². The van der Waals surface area contributed by atoms with E-state index in [1.165, 1.54) is 0 Å². The topological polar surface area (TPSA) is 65.4 Å². The summed E-state index contributed by atoms with van der Waals surface area (Å²) in [6, 6.07) is 19.5. The van der Waals surface area contributed by atoms with Crippen LogP contribution in [-0.4, -0.2) is 43.7 Å². The van der Waals surface area contributed by atoms with Gasteiger partial charge in [0.05, 0.1) is 30.8 Å². The fourth-order valence-corrected chi connectivity index (χ4v) is 3.10. The van der Waals surface area contributed by atoms with Crippen molar-refractivity contribution in [2.45, 2.75) is 12.5 Å². The molecule has 1 atom stereocenters. The first-order chi connectivity index (χ1) is 12.8. The van der Waals surface area contributed by atoms with Crippen LogP contribution in [-0.2, 0) is 16.1 Å². The molecule has 0 spiro atoms. The summed E-state index contributed by atoms with van der Waals surface area (Å²) in [6.45, 7) is 3.74. The minimum atomic E-state index is -0.215. The average Bonchev–Trinajstić information content (AvgIpc) is 2.72. The second-order valence-corrected chi connectivity index (χ2v) is 6.34. The first-order valence-corrected chi connectivity index (χ1v) is 8.89. The molecule has 26 heavy (non-hydrogen) atoms. The molecule has 1 N–H and O–H groups in total. The number of rotatable bonds is 6. The molecular formula is C21H23N3O2. The smallest absolute Gasteiger partial charge is 0.231 e. The Kier molecular flexibility index (Phi) is 6.37. The van der Waals surface area contributed by atoms with Gasteiger partial charge in [-0.15, -0.1) is 0 Å². The van der Waals surface area contributed by atoms with Crippen LogP contribution >= 0.6 is 0 Å². The standard InChI is InChI=1S/C21H23N3O2/c22-14-17-6-8-18(9-7-17)15-23-16-20(19-4-2-1-3-5-19)21(25)24-10-12-26-13-11-24/h1-9,20,23H,10-13,15-16H2/t20-/m0/s1. The lowest BCUT2D eigenvalue weighted by molar-refractivity contribution is -0.136. The van der Waals surface area contributed by atoms with Gasteiger partial charge < -0.3 is 15.0 Å². The second-order valence-electron chi connectivity index (χ2n) is 6.34. The van der Waals surface area contributed by atoms with Gasteiger partial charge in [-0.3, -0.25) is 4.79 Å². The Morgan fingerprint density at radius 2 is 1.81 bits per heavy atom. The average molecular weight is 349 g/mol. The van der Waals surface area contributed by atoms with Gasteiger partial charge in [-0.25, -0.2) is 0 Å². The van der Waals surface area contributed by atoms with Crippen LogP contribution in [0.5, 0.6) is 0 Å². The minimum Gasteiger partial charge on any atom is -0.378 e. The highest BCUT2D eigenvalue weighted by atomic mass is 16.5. The van der Waals surface area contributed by atoms with Gasteiger partial charge in [0.25, 0.3) is 0 Å². The molecule has 3 rings (SSSR count). The van der Waals surface area contributed by atoms with Crippen molar-refractivity contribution in [3.05, 3.63) is 71.3 Å². The summed E-state index contributed by atoms with van der Waals surface area (Å²) in [6.07, 6.45) is 0. The van der Waals surface area contributed by atoms with Crippen LogP contribution < -0.4 is 5.32 Å². The van der Waals surface area contributed by atoms with E-state index in [1.54, 1.807) is 0 Å². The number of carbonyl (C=O) groups excluding carboxylic acids is 1. The molecule has 5 heteroatoms. The Hall–Kier alpha value is -2.68. The van der Waals surface area contributed by atoms with Crippen LogP contribution in [0.1, 0.15) is 22.6 Å². The van der Waals surface area contributed by atoms with Crippen molar-refractivity contribution in [2.24, 2.45) is 0 Å². The Morgan fingerprint density at radius 3 is 2.46 bits per heavy atom. The van der Waals surface area contributed by atoms with Crippen molar-refractivity contribution < 1.29 is 9.53 Å². The van der Waals surface area contributed by atoms with E-state index in [9.17, 15) is 4.79 Å². The molecule has 0 aliphatic carbocycles. The highest BCUT2D eigenvalue weighted by molar-refractivity contribution is 5.84. The quantitative estimate of drug-likeness (QED) is 0.869. The fraction of sp³-hybridized carbons (Fsp3) is 0.333. The predicted molar refractivity (Wildman–Crippen MR) is 99.4 cm³/mol. The van der Waals surface area contributed by atoms with E-state index in [1.807, 2.05) is 59.5 Å². The predicted octanol–water partition coefficient (Wildman–Crippen LogP) is 2.29. The number of hydrogen-bond donors (Lipinski definition) is 1. The fourth-order valence-electron chi connectivity index (χ4n) is 3.10. The number of nitrogens with one attached hydrogen (secondary N) is 1. The molecule has 1 saturated heterocycles. The number of ether oxygens (including phenoxy) is 1. The normalized spacial score (nSPS) is 15.3. The molecule has 5 nitrogen and oxygen atoms in total. The summed E-state index contributed by atoms with van der Waals surface area (Å²) in [4.78, 5) is 14.9. The van der Waals surface area contributed by atoms with Gasteiger partial charge in [0, 0.05) is 26.2 Å². The minimum absolute atomic E-state index is 0.145. The summed E-state index contributed by atoms with van der Waals surface area (Å²) in [7, 11) is 0. The maximum absolute atomic E-state index is 13.0. The van der Waals surface area contributed by atoms with E-state index in [2.05, 4.69) is 11.4 Å². The Morgan fingerprint density at radius 1 is 1.12 bits per heavy atom. The van der Waals surface area contributed by atoms with Crippen molar-refractivity contribution in [1.82, 2.24) is 10.2 Å². The summed E-state index contributed by atoms with van der Waals surface area (Å²) in [5.41, 5.74) is 2.77. The van der Waals surface area contributed by atoms with Gasteiger partial charge in [0.2, 0.25) is 5.91 Å². The van der Waals surface area contributed by atoms with Crippen LogP contribution in [0.2, 0.25) is 0 Å². The van der Waals surface area contributed by atoms with Crippen LogP contribution in [0.4, 0.5) is 0 Å². The third-order valence-corrected chi connectivity index (χ3v) is 4.58. The summed E-state index contributed by atoms with van der Waals surface area (Å²) in [5, 5.41) is 12.3. The van der Waals surface area contributed by atoms with Crippen molar-refractivity contribution in [2.75, 3.05) is 32.8 Å². The lowest BCUT2D eigenvalue weighted by Crippen LogP contribution is -2.45. The number of benzene rings is 2. The van der Waals surface area contributed by atoms with Crippen molar-refractivity contribution >= 4 is 5.91 Å². The molecule has 1 heterocycles. The SMILES string of the molecule is N#Cc1ccc(CNC[C@H](C(=O)N2CCOCC2)c2ccccc2)cc1. The summed E-state index contributed by atoms with van der Waals surface area (Å²) in [5.74, 6) is -0.0699. The molecule has 2 aromatic rings. The van der Waals surface area contributed by atoms with Gasteiger partial charge in [-0.05, 0) is 23.3 Å². The van der Waals surface area contributed by atoms with Gasteiger partial charge in [-0.2, -0.15) is 5.26 Å². The molecule has 0 unspecified atom stereocenters. The largest absolute Gasteiger partial charge is 0.378 e. The van der Waals surface area contributed by atoms with Gasteiger partial charge in [0.1, 0.15) is 0 Å². The maximum Gasteiger partial charge on any atom is 0.231 e. The van der Waals surface area contributed by atoms with E-state index in [4.69, 9.17) is 10.00 Å².